The van der Waals surface area contributed by atoms with E-state index in [9.17, 15) is 9.59 Å². The summed E-state index contributed by atoms with van der Waals surface area (Å²) in [5.41, 5.74) is 0.683. The normalized spacial score (nSPS) is 19.2. The molecule has 1 heterocycles. The molecule has 1 unspecified atom stereocenters. The first-order valence-corrected chi connectivity index (χ1v) is 7.63. The molecule has 0 bridgehead atoms. The number of nitrogens with zero attached hydrogens (tertiary/aromatic N) is 1. The molecule has 1 aliphatic heterocycles. The molecule has 5 heteroatoms. The zero-order valence-electron chi connectivity index (χ0n) is 11.2. The van der Waals surface area contributed by atoms with Gasteiger partial charge in [0.1, 0.15) is 6.04 Å². The predicted molar refractivity (Wildman–Crippen MR) is 76.3 cm³/mol. The van der Waals surface area contributed by atoms with Gasteiger partial charge in [-0.25, -0.2) is 0 Å². The van der Waals surface area contributed by atoms with Crippen molar-refractivity contribution in [3.8, 4) is 0 Å². The Morgan fingerprint density at radius 2 is 2.21 bits per heavy atom. The molecule has 4 nitrogen and oxygen atoms in total. The number of nitrogens with one attached hydrogen (secondary N) is 1. The Bertz CT molecular complexity index is 490. The van der Waals surface area contributed by atoms with E-state index in [0.717, 1.165) is 4.90 Å². The standard InChI is InChI=1S/C14H18N2O2S/c1-3-11-13(17)15-8-9-16(11)14(18)10-6-4-5-7-12(10)19-2/h4-7,11H,3,8-9H2,1-2H3,(H,15,17). The van der Waals surface area contributed by atoms with Crippen molar-refractivity contribution in [3.05, 3.63) is 29.8 Å². The minimum absolute atomic E-state index is 0.0494. The van der Waals surface area contributed by atoms with Crippen molar-refractivity contribution < 1.29 is 9.59 Å². The number of amides is 2. The molecule has 2 rings (SSSR count). The monoisotopic (exact) mass is 278 g/mol. The largest absolute Gasteiger partial charge is 0.353 e. The highest BCUT2D eigenvalue weighted by molar-refractivity contribution is 7.98. The first kappa shape index (κ1) is 13.9. The smallest absolute Gasteiger partial charge is 0.255 e. The molecule has 2 amide bonds. The fourth-order valence-corrected chi connectivity index (χ4v) is 2.93. The van der Waals surface area contributed by atoms with Crippen LogP contribution in [0.15, 0.2) is 29.2 Å². The summed E-state index contributed by atoms with van der Waals surface area (Å²) in [6.45, 7) is 3.03. The van der Waals surface area contributed by atoms with Gasteiger partial charge in [0.2, 0.25) is 5.91 Å². The van der Waals surface area contributed by atoms with Crippen LogP contribution in [0.2, 0.25) is 0 Å². The van der Waals surface area contributed by atoms with Gasteiger partial charge in [0, 0.05) is 18.0 Å². The third-order valence-corrected chi connectivity index (χ3v) is 4.11. The van der Waals surface area contributed by atoms with Crippen molar-refractivity contribution in [2.24, 2.45) is 0 Å². The maximum Gasteiger partial charge on any atom is 0.255 e. The van der Waals surface area contributed by atoms with Gasteiger partial charge in [-0.3, -0.25) is 9.59 Å². The van der Waals surface area contributed by atoms with E-state index < -0.39 is 0 Å². The lowest BCUT2D eigenvalue weighted by atomic mass is 10.1. The van der Waals surface area contributed by atoms with Crippen LogP contribution in [-0.4, -0.2) is 42.1 Å². The number of piperazine rings is 1. The summed E-state index contributed by atoms with van der Waals surface area (Å²) in [4.78, 5) is 27.1. The molecule has 1 saturated heterocycles. The summed E-state index contributed by atoms with van der Waals surface area (Å²) in [6, 6.07) is 7.19. The first-order chi connectivity index (χ1) is 9.19. The Labute approximate surface area is 117 Å². The summed E-state index contributed by atoms with van der Waals surface area (Å²) in [6.07, 6.45) is 2.59. The Morgan fingerprint density at radius 1 is 1.47 bits per heavy atom. The lowest BCUT2D eigenvalue weighted by Crippen LogP contribution is -2.56. The van der Waals surface area contributed by atoms with E-state index in [2.05, 4.69) is 5.32 Å². The van der Waals surface area contributed by atoms with Crippen LogP contribution in [0.25, 0.3) is 0 Å². The van der Waals surface area contributed by atoms with Crippen molar-refractivity contribution in [2.45, 2.75) is 24.3 Å². The number of rotatable bonds is 3. The van der Waals surface area contributed by atoms with E-state index in [-0.39, 0.29) is 17.9 Å². The summed E-state index contributed by atoms with van der Waals surface area (Å²) in [5.74, 6) is -0.101. The van der Waals surface area contributed by atoms with Gasteiger partial charge in [-0.15, -0.1) is 11.8 Å². The summed E-state index contributed by atoms with van der Waals surface area (Å²) >= 11 is 1.55. The minimum atomic E-state index is -0.351. The number of thioether (sulfide) groups is 1. The third kappa shape index (κ3) is 2.76. The molecule has 0 aliphatic carbocycles. The van der Waals surface area contributed by atoms with Gasteiger partial charge in [0.05, 0.1) is 5.56 Å². The van der Waals surface area contributed by atoms with E-state index >= 15 is 0 Å². The molecule has 1 atom stereocenters. The SMILES string of the molecule is CCC1C(=O)NCCN1C(=O)c1ccccc1SC. The highest BCUT2D eigenvalue weighted by Crippen LogP contribution is 2.23. The van der Waals surface area contributed by atoms with Crippen LogP contribution in [0, 0.1) is 0 Å². The topological polar surface area (TPSA) is 49.4 Å². The number of carbonyl (C=O) groups is 2. The third-order valence-electron chi connectivity index (χ3n) is 3.32. The molecule has 0 aromatic heterocycles. The minimum Gasteiger partial charge on any atom is -0.353 e. The molecular formula is C14H18N2O2S. The second kappa shape index (κ2) is 6.10. The van der Waals surface area contributed by atoms with E-state index in [4.69, 9.17) is 0 Å². The van der Waals surface area contributed by atoms with Crippen LogP contribution in [0.4, 0.5) is 0 Å². The second-order valence-corrected chi connectivity index (χ2v) is 5.26. The number of hydrogen-bond donors (Lipinski definition) is 1. The lowest BCUT2D eigenvalue weighted by Gasteiger charge is -2.34. The van der Waals surface area contributed by atoms with Gasteiger partial charge in [-0.05, 0) is 24.8 Å². The quantitative estimate of drug-likeness (QED) is 0.857. The highest BCUT2D eigenvalue weighted by atomic mass is 32.2. The van der Waals surface area contributed by atoms with E-state index in [1.165, 1.54) is 0 Å². The van der Waals surface area contributed by atoms with E-state index in [0.29, 0.717) is 25.1 Å². The van der Waals surface area contributed by atoms with Crippen LogP contribution < -0.4 is 5.32 Å². The Morgan fingerprint density at radius 3 is 2.89 bits per heavy atom. The van der Waals surface area contributed by atoms with Gasteiger partial charge in [0.15, 0.2) is 0 Å². The Hall–Kier alpha value is -1.49. The second-order valence-electron chi connectivity index (χ2n) is 4.41. The molecular weight excluding hydrogens is 260 g/mol. The van der Waals surface area contributed by atoms with Gasteiger partial charge in [0.25, 0.3) is 5.91 Å². The average molecular weight is 278 g/mol. The van der Waals surface area contributed by atoms with Crippen LogP contribution in [-0.2, 0) is 4.79 Å². The zero-order chi connectivity index (χ0) is 13.8. The molecule has 1 aromatic rings. The highest BCUT2D eigenvalue weighted by Gasteiger charge is 2.32. The molecule has 1 fully saturated rings. The van der Waals surface area contributed by atoms with Gasteiger partial charge in [-0.2, -0.15) is 0 Å². The van der Waals surface area contributed by atoms with Gasteiger partial charge in [-0.1, -0.05) is 19.1 Å². The van der Waals surface area contributed by atoms with Crippen molar-refractivity contribution in [1.82, 2.24) is 10.2 Å². The van der Waals surface area contributed by atoms with Crippen LogP contribution >= 0.6 is 11.8 Å². The van der Waals surface area contributed by atoms with Gasteiger partial charge < -0.3 is 10.2 Å². The first-order valence-electron chi connectivity index (χ1n) is 6.40. The number of carbonyl (C=O) groups excluding carboxylic acids is 2. The van der Waals surface area contributed by atoms with Crippen molar-refractivity contribution in [2.75, 3.05) is 19.3 Å². The van der Waals surface area contributed by atoms with Crippen molar-refractivity contribution in [3.63, 3.8) is 0 Å². The van der Waals surface area contributed by atoms with E-state index in [1.807, 2.05) is 37.4 Å². The number of benzene rings is 1. The van der Waals surface area contributed by atoms with Crippen molar-refractivity contribution in [1.29, 1.82) is 0 Å². The molecule has 1 aromatic carbocycles. The summed E-state index contributed by atoms with van der Waals surface area (Å²) < 4.78 is 0. The average Bonchev–Trinajstić information content (AvgIpc) is 2.46. The molecule has 0 radical (unpaired) electrons. The maximum atomic E-state index is 12.6. The predicted octanol–water partition coefficient (Wildman–Crippen LogP) is 1.76. The Balaban J connectivity index is 2.29. The van der Waals surface area contributed by atoms with Crippen LogP contribution in [0.5, 0.6) is 0 Å². The molecule has 1 aliphatic rings. The molecule has 1 N–H and O–H groups in total. The molecule has 0 spiro atoms. The molecule has 102 valence electrons. The maximum absolute atomic E-state index is 12.6. The summed E-state index contributed by atoms with van der Waals surface area (Å²) in [5, 5.41) is 2.81. The van der Waals surface area contributed by atoms with Gasteiger partial charge >= 0.3 is 0 Å². The zero-order valence-corrected chi connectivity index (χ0v) is 12.0. The molecule has 19 heavy (non-hydrogen) atoms. The lowest BCUT2D eigenvalue weighted by molar-refractivity contribution is -0.127. The number of hydrogen-bond acceptors (Lipinski definition) is 3. The fraction of sp³-hybridized carbons (Fsp3) is 0.429. The fourth-order valence-electron chi connectivity index (χ4n) is 2.34. The van der Waals surface area contributed by atoms with Crippen molar-refractivity contribution >= 4 is 23.6 Å². The summed E-state index contributed by atoms with van der Waals surface area (Å²) in [7, 11) is 0. The van der Waals surface area contributed by atoms with Crippen LogP contribution in [0.3, 0.4) is 0 Å². The molecule has 0 saturated carbocycles. The van der Waals surface area contributed by atoms with Crippen LogP contribution in [0.1, 0.15) is 23.7 Å². The Kier molecular flexibility index (Phi) is 4.47. The van der Waals surface area contributed by atoms with E-state index in [1.54, 1.807) is 16.7 Å².